The van der Waals surface area contributed by atoms with E-state index in [9.17, 15) is 18.3 Å². The number of aliphatic hydroxyl groups is 1. The Morgan fingerprint density at radius 3 is 2.73 bits per heavy atom. The van der Waals surface area contributed by atoms with Crippen molar-refractivity contribution in [2.45, 2.75) is 18.8 Å². The molecule has 8 heteroatoms. The summed E-state index contributed by atoms with van der Waals surface area (Å²) < 4.78 is 41.0. The molecule has 0 aromatic heterocycles. The molecule has 3 N–H and O–H groups in total. The van der Waals surface area contributed by atoms with E-state index >= 15 is 0 Å². The van der Waals surface area contributed by atoms with Crippen LogP contribution in [0.25, 0.3) is 0 Å². The number of ether oxygens (including phenoxy) is 1. The zero-order valence-electron chi connectivity index (χ0n) is 11.9. The zero-order chi connectivity index (χ0) is 15.3. The third-order valence-electron chi connectivity index (χ3n) is 3.34. The molecule has 1 aromatic carbocycles. The largest absolute Gasteiger partial charge is 0.484 e. The van der Waals surface area contributed by atoms with Gasteiger partial charge in [0.1, 0.15) is 5.75 Å². The number of aliphatic hydroxyl groups excluding tert-OH is 1. The molecule has 0 bridgehead atoms. The molecule has 2 unspecified atom stereocenters. The second-order valence-electron chi connectivity index (χ2n) is 5.17. The summed E-state index contributed by atoms with van der Waals surface area (Å²) in [6.45, 7) is 1.26. The molecule has 1 aromatic rings. The molecule has 0 aliphatic carbocycles. The van der Waals surface area contributed by atoms with Gasteiger partial charge >= 0.3 is 6.18 Å². The molecule has 2 rings (SSSR count). The van der Waals surface area contributed by atoms with Gasteiger partial charge in [-0.3, -0.25) is 0 Å². The van der Waals surface area contributed by atoms with Crippen molar-refractivity contribution in [3.63, 3.8) is 0 Å². The summed E-state index contributed by atoms with van der Waals surface area (Å²) in [6, 6.07) is 6.56. The lowest BCUT2D eigenvalue weighted by Gasteiger charge is -2.14. The van der Waals surface area contributed by atoms with Gasteiger partial charge in [-0.15, -0.1) is 12.4 Å². The minimum atomic E-state index is -4.33. The highest BCUT2D eigenvalue weighted by Gasteiger charge is 2.28. The van der Waals surface area contributed by atoms with Gasteiger partial charge in [0, 0.05) is 32.1 Å². The maximum absolute atomic E-state index is 12.1. The Labute approximate surface area is 133 Å². The van der Waals surface area contributed by atoms with Crippen molar-refractivity contribution in [1.82, 2.24) is 10.6 Å². The third kappa shape index (κ3) is 6.39. The van der Waals surface area contributed by atoms with E-state index in [4.69, 9.17) is 4.74 Å². The zero-order valence-corrected chi connectivity index (χ0v) is 12.7. The molecule has 4 nitrogen and oxygen atoms in total. The molecule has 0 amide bonds. The van der Waals surface area contributed by atoms with Crippen molar-refractivity contribution in [3.05, 3.63) is 29.8 Å². The van der Waals surface area contributed by atoms with Gasteiger partial charge in [-0.1, -0.05) is 12.1 Å². The summed E-state index contributed by atoms with van der Waals surface area (Å²) in [7, 11) is 0. The lowest BCUT2D eigenvalue weighted by molar-refractivity contribution is -0.153. The van der Waals surface area contributed by atoms with E-state index in [1.165, 1.54) is 6.07 Å². The number of nitrogens with one attached hydrogen (secondary N) is 2. The van der Waals surface area contributed by atoms with Crippen molar-refractivity contribution in [2.24, 2.45) is 5.92 Å². The SMILES string of the molecule is Cl.OC1CNCC1CNCc1cccc(OCC(F)(F)F)c1. The van der Waals surface area contributed by atoms with E-state index in [0.717, 1.165) is 12.1 Å². The van der Waals surface area contributed by atoms with Gasteiger partial charge in [0.15, 0.2) is 6.61 Å². The molecule has 1 aliphatic heterocycles. The molecular formula is C14H20ClF3N2O2. The van der Waals surface area contributed by atoms with Crippen LogP contribution in [0.1, 0.15) is 5.56 Å². The van der Waals surface area contributed by atoms with Gasteiger partial charge in [-0.2, -0.15) is 13.2 Å². The van der Waals surface area contributed by atoms with Crippen molar-refractivity contribution in [2.75, 3.05) is 26.2 Å². The molecule has 0 radical (unpaired) electrons. The summed E-state index contributed by atoms with van der Waals surface area (Å²) in [5.74, 6) is 0.365. The normalized spacial score (nSPS) is 21.5. The van der Waals surface area contributed by atoms with Crippen LogP contribution in [0.15, 0.2) is 24.3 Å². The molecule has 1 saturated heterocycles. The fourth-order valence-electron chi connectivity index (χ4n) is 2.24. The lowest BCUT2D eigenvalue weighted by Crippen LogP contribution is -2.30. The summed E-state index contributed by atoms with van der Waals surface area (Å²) >= 11 is 0. The van der Waals surface area contributed by atoms with Crippen molar-refractivity contribution in [3.8, 4) is 5.75 Å². The number of hydrogen-bond acceptors (Lipinski definition) is 4. The van der Waals surface area contributed by atoms with Crippen molar-refractivity contribution in [1.29, 1.82) is 0 Å². The van der Waals surface area contributed by atoms with Crippen LogP contribution in [-0.2, 0) is 6.54 Å². The van der Waals surface area contributed by atoms with E-state index < -0.39 is 12.8 Å². The van der Waals surface area contributed by atoms with Gasteiger partial charge in [-0.05, 0) is 17.7 Å². The van der Waals surface area contributed by atoms with Crippen molar-refractivity contribution >= 4 is 12.4 Å². The first-order valence-electron chi connectivity index (χ1n) is 6.82. The average molecular weight is 341 g/mol. The van der Waals surface area contributed by atoms with Gasteiger partial charge in [0.05, 0.1) is 6.10 Å². The quantitative estimate of drug-likeness (QED) is 0.738. The van der Waals surface area contributed by atoms with E-state index in [2.05, 4.69) is 10.6 Å². The second-order valence-corrected chi connectivity index (χ2v) is 5.17. The van der Waals surface area contributed by atoms with Crippen molar-refractivity contribution < 1.29 is 23.0 Å². The molecule has 22 heavy (non-hydrogen) atoms. The van der Waals surface area contributed by atoms with Crippen LogP contribution in [0, 0.1) is 5.92 Å². The molecule has 0 spiro atoms. The molecule has 1 heterocycles. The molecular weight excluding hydrogens is 321 g/mol. The number of β-amino-alcohol motifs (C(OH)–C–C–N with tert-alkyl or cyclic N) is 1. The monoisotopic (exact) mass is 340 g/mol. The van der Waals surface area contributed by atoms with Crippen LogP contribution in [0.5, 0.6) is 5.75 Å². The van der Waals surface area contributed by atoms with E-state index in [0.29, 0.717) is 19.6 Å². The fraction of sp³-hybridized carbons (Fsp3) is 0.571. The maximum atomic E-state index is 12.1. The summed E-state index contributed by atoms with van der Waals surface area (Å²) in [6.07, 6.45) is -4.68. The summed E-state index contributed by atoms with van der Waals surface area (Å²) in [5.41, 5.74) is 0.843. The number of halogens is 4. The van der Waals surface area contributed by atoms with E-state index in [1.807, 2.05) is 6.07 Å². The topological polar surface area (TPSA) is 53.5 Å². The summed E-state index contributed by atoms with van der Waals surface area (Å²) in [4.78, 5) is 0. The second kappa shape index (κ2) is 8.57. The predicted molar refractivity (Wildman–Crippen MR) is 79.3 cm³/mol. The molecule has 1 fully saturated rings. The van der Waals surface area contributed by atoms with Crippen LogP contribution in [0.4, 0.5) is 13.2 Å². The average Bonchev–Trinajstić information content (AvgIpc) is 2.82. The number of hydrogen-bond donors (Lipinski definition) is 3. The Morgan fingerprint density at radius 1 is 1.32 bits per heavy atom. The van der Waals surface area contributed by atoms with Crippen LogP contribution in [0.2, 0.25) is 0 Å². The first kappa shape index (κ1) is 19.0. The van der Waals surface area contributed by atoms with Crippen LogP contribution in [0.3, 0.4) is 0 Å². The minimum Gasteiger partial charge on any atom is -0.484 e. The maximum Gasteiger partial charge on any atom is 0.422 e. The summed E-state index contributed by atoms with van der Waals surface area (Å²) in [5, 5.41) is 15.9. The Hall–Kier alpha value is -1.02. The van der Waals surface area contributed by atoms with Crippen LogP contribution in [-0.4, -0.2) is 43.6 Å². The molecule has 0 saturated carbocycles. The predicted octanol–water partition coefficient (Wildman–Crippen LogP) is 1.72. The van der Waals surface area contributed by atoms with Crippen LogP contribution < -0.4 is 15.4 Å². The first-order valence-corrected chi connectivity index (χ1v) is 6.82. The number of benzene rings is 1. The van der Waals surface area contributed by atoms with Gasteiger partial charge in [0.2, 0.25) is 0 Å². The molecule has 2 atom stereocenters. The number of alkyl halides is 3. The minimum absolute atomic E-state index is 0. The van der Waals surface area contributed by atoms with Gasteiger partial charge in [-0.25, -0.2) is 0 Å². The third-order valence-corrected chi connectivity index (χ3v) is 3.34. The van der Waals surface area contributed by atoms with E-state index in [1.54, 1.807) is 12.1 Å². The Kier molecular flexibility index (Phi) is 7.41. The van der Waals surface area contributed by atoms with E-state index in [-0.39, 0.29) is 30.2 Å². The number of rotatable bonds is 6. The molecule has 1 aliphatic rings. The Balaban J connectivity index is 0.00000242. The highest BCUT2D eigenvalue weighted by molar-refractivity contribution is 5.85. The highest BCUT2D eigenvalue weighted by Crippen LogP contribution is 2.19. The first-order chi connectivity index (χ1) is 9.94. The van der Waals surface area contributed by atoms with Gasteiger partial charge < -0.3 is 20.5 Å². The Morgan fingerprint density at radius 2 is 2.09 bits per heavy atom. The highest BCUT2D eigenvalue weighted by atomic mass is 35.5. The standard InChI is InChI=1S/C14H19F3N2O2.ClH/c15-14(16,17)9-21-12-3-1-2-10(4-12)5-18-6-11-7-19-8-13(11)20;/h1-4,11,13,18-20H,5-9H2;1H. The smallest absolute Gasteiger partial charge is 0.422 e. The van der Waals surface area contributed by atoms with Gasteiger partial charge in [0.25, 0.3) is 0 Å². The lowest BCUT2D eigenvalue weighted by atomic mass is 10.1. The van der Waals surface area contributed by atoms with Crippen LogP contribution >= 0.6 is 12.4 Å². The Bertz CT molecular complexity index is 460. The fourth-order valence-corrected chi connectivity index (χ4v) is 2.24. The molecule has 126 valence electrons.